The third-order valence-electron chi connectivity index (χ3n) is 1.47. The highest BCUT2D eigenvalue weighted by molar-refractivity contribution is 7.80. The summed E-state index contributed by atoms with van der Waals surface area (Å²) >= 11 is 10.4. The summed E-state index contributed by atoms with van der Waals surface area (Å²) in [6, 6.07) is 4.43. The highest BCUT2D eigenvalue weighted by Gasteiger charge is 2.02. The first-order valence-corrected chi connectivity index (χ1v) is 4.62. The van der Waals surface area contributed by atoms with Gasteiger partial charge < -0.3 is 5.73 Å². The van der Waals surface area contributed by atoms with E-state index in [0.717, 1.165) is 0 Å². The fraction of sp³-hybridized carbons (Fsp3) is 0.111. The predicted octanol–water partition coefficient (Wildman–Crippen LogP) is 2.18. The molecule has 0 atom stereocenters. The van der Waals surface area contributed by atoms with Gasteiger partial charge in [-0.25, -0.2) is 4.39 Å². The van der Waals surface area contributed by atoms with E-state index in [1.54, 1.807) is 6.07 Å². The van der Waals surface area contributed by atoms with Crippen molar-refractivity contribution in [1.82, 2.24) is 0 Å². The lowest BCUT2D eigenvalue weighted by Crippen LogP contribution is -2.11. The van der Waals surface area contributed by atoms with E-state index < -0.39 is 5.82 Å². The molecular weight excluding hydrogens is 223 g/mol. The molecule has 0 saturated heterocycles. The zero-order chi connectivity index (χ0) is 10.6. The maximum Gasteiger partial charge on any atom is 0.133 e. The molecule has 0 unspecified atom stereocenters. The third-order valence-corrected chi connectivity index (χ3v) is 1.93. The Kier molecular flexibility index (Phi) is 3.98. The summed E-state index contributed by atoms with van der Waals surface area (Å²) in [5.41, 5.74) is 5.48. The number of rotatable bonds is 3. The highest BCUT2D eigenvalue weighted by Crippen LogP contribution is 2.16. The molecule has 0 spiro atoms. The van der Waals surface area contributed by atoms with Crippen LogP contribution in [-0.4, -0.2) is 17.7 Å². The van der Waals surface area contributed by atoms with Crippen LogP contribution in [0.2, 0.25) is 5.02 Å². The van der Waals surface area contributed by atoms with Crippen LogP contribution in [0.4, 0.5) is 4.39 Å². The number of thiocarbonyl (C=S) groups is 1. The fourth-order valence-corrected chi connectivity index (χ4v) is 1.15. The third kappa shape index (κ3) is 3.05. The Morgan fingerprint density at radius 2 is 2.36 bits per heavy atom. The van der Waals surface area contributed by atoms with Crippen LogP contribution in [-0.2, 0) is 0 Å². The second-order valence-corrected chi connectivity index (χ2v) is 3.50. The second-order valence-electron chi connectivity index (χ2n) is 2.57. The van der Waals surface area contributed by atoms with Crippen molar-refractivity contribution in [2.45, 2.75) is 0 Å². The van der Waals surface area contributed by atoms with Crippen LogP contribution in [0.1, 0.15) is 5.56 Å². The monoisotopic (exact) mass is 230 g/mol. The molecule has 2 N–H and O–H groups in total. The molecule has 5 heteroatoms. The Morgan fingerprint density at radius 1 is 1.64 bits per heavy atom. The first-order chi connectivity index (χ1) is 6.61. The van der Waals surface area contributed by atoms with Gasteiger partial charge in [0.1, 0.15) is 5.82 Å². The van der Waals surface area contributed by atoms with Crippen molar-refractivity contribution in [2.24, 2.45) is 10.7 Å². The van der Waals surface area contributed by atoms with Gasteiger partial charge in [-0.15, -0.1) is 0 Å². The Labute approximate surface area is 91.6 Å². The number of halogens is 2. The number of hydrogen-bond acceptors (Lipinski definition) is 2. The molecule has 1 aromatic carbocycles. The minimum Gasteiger partial charge on any atom is -0.392 e. The molecule has 74 valence electrons. The summed E-state index contributed by atoms with van der Waals surface area (Å²) in [6.07, 6.45) is 1.33. The zero-order valence-corrected chi connectivity index (χ0v) is 8.78. The van der Waals surface area contributed by atoms with Crippen molar-refractivity contribution < 1.29 is 4.39 Å². The lowest BCUT2D eigenvalue weighted by atomic mass is 10.2. The first kappa shape index (κ1) is 11.1. The van der Waals surface area contributed by atoms with E-state index in [-0.39, 0.29) is 17.1 Å². The number of benzene rings is 1. The Hall–Kier alpha value is -1.00. The van der Waals surface area contributed by atoms with Crippen molar-refractivity contribution >= 4 is 35.0 Å². The van der Waals surface area contributed by atoms with E-state index in [1.165, 1.54) is 18.3 Å². The zero-order valence-electron chi connectivity index (χ0n) is 7.21. The minimum atomic E-state index is -0.413. The van der Waals surface area contributed by atoms with Crippen LogP contribution in [0, 0.1) is 5.82 Å². The van der Waals surface area contributed by atoms with Gasteiger partial charge in [-0.05, 0) is 12.1 Å². The summed E-state index contributed by atoms with van der Waals surface area (Å²) in [4.78, 5) is 4.11. The topological polar surface area (TPSA) is 38.4 Å². The van der Waals surface area contributed by atoms with E-state index in [4.69, 9.17) is 17.3 Å². The van der Waals surface area contributed by atoms with Gasteiger partial charge in [-0.3, -0.25) is 4.99 Å². The average Bonchev–Trinajstić information content (AvgIpc) is 2.09. The molecular formula is C9H8ClFN2S. The van der Waals surface area contributed by atoms with E-state index in [2.05, 4.69) is 17.2 Å². The van der Waals surface area contributed by atoms with Gasteiger partial charge in [0.2, 0.25) is 0 Å². The summed E-state index contributed by atoms with van der Waals surface area (Å²) in [5.74, 6) is -0.413. The lowest BCUT2D eigenvalue weighted by molar-refractivity contribution is 0.626. The van der Waals surface area contributed by atoms with Gasteiger partial charge in [0, 0.05) is 11.8 Å². The molecule has 2 nitrogen and oxygen atoms in total. The average molecular weight is 231 g/mol. The molecule has 0 aliphatic rings. The van der Waals surface area contributed by atoms with Gasteiger partial charge in [0.05, 0.1) is 16.6 Å². The Balaban J connectivity index is 2.85. The Bertz CT molecular complexity index is 359. The molecule has 0 saturated carbocycles. The van der Waals surface area contributed by atoms with Crippen molar-refractivity contribution in [1.29, 1.82) is 0 Å². The van der Waals surface area contributed by atoms with Gasteiger partial charge in [0.25, 0.3) is 0 Å². The summed E-state index contributed by atoms with van der Waals surface area (Å²) in [6.45, 7) is 0.194. The van der Waals surface area contributed by atoms with Crippen molar-refractivity contribution in [3.05, 3.63) is 34.6 Å². The van der Waals surface area contributed by atoms with Crippen LogP contribution in [0.25, 0.3) is 0 Å². The Morgan fingerprint density at radius 3 is 2.93 bits per heavy atom. The standard InChI is InChI=1S/C9H8ClFN2S/c10-7-2-1-3-8(11)6(7)4-13-5-9(12)14/h1-4H,5H2,(H2,12,14). The van der Waals surface area contributed by atoms with Gasteiger partial charge in [-0.1, -0.05) is 29.9 Å². The first-order valence-electron chi connectivity index (χ1n) is 3.83. The number of aliphatic imine (C=N–C) groups is 1. The maximum absolute atomic E-state index is 13.1. The second kappa shape index (κ2) is 5.02. The molecule has 0 aliphatic heterocycles. The fourth-order valence-electron chi connectivity index (χ4n) is 0.861. The lowest BCUT2D eigenvalue weighted by Gasteiger charge is -1.98. The number of nitrogens with two attached hydrogens (primary N) is 1. The SMILES string of the molecule is NC(=S)CN=Cc1c(F)cccc1Cl. The van der Waals surface area contributed by atoms with E-state index in [1.807, 2.05) is 0 Å². The summed E-state index contributed by atoms with van der Waals surface area (Å²) < 4.78 is 13.1. The largest absolute Gasteiger partial charge is 0.392 e. The van der Waals surface area contributed by atoms with Gasteiger partial charge in [0.15, 0.2) is 0 Å². The normalized spacial score (nSPS) is 10.7. The molecule has 1 rings (SSSR count). The molecule has 0 bridgehead atoms. The predicted molar refractivity (Wildman–Crippen MR) is 60.7 cm³/mol. The van der Waals surface area contributed by atoms with E-state index >= 15 is 0 Å². The maximum atomic E-state index is 13.1. The number of hydrogen-bond donors (Lipinski definition) is 1. The van der Waals surface area contributed by atoms with E-state index in [0.29, 0.717) is 5.02 Å². The van der Waals surface area contributed by atoms with Crippen LogP contribution >= 0.6 is 23.8 Å². The molecule has 0 aromatic heterocycles. The quantitative estimate of drug-likeness (QED) is 0.639. The molecule has 1 aromatic rings. The molecule has 0 fully saturated rings. The molecule has 0 aliphatic carbocycles. The molecule has 0 heterocycles. The van der Waals surface area contributed by atoms with Gasteiger partial charge >= 0.3 is 0 Å². The van der Waals surface area contributed by atoms with Gasteiger partial charge in [-0.2, -0.15) is 0 Å². The smallest absolute Gasteiger partial charge is 0.133 e. The van der Waals surface area contributed by atoms with Crippen molar-refractivity contribution in [2.75, 3.05) is 6.54 Å². The van der Waals surface area contributed by atoms with Crippen LogP contribution < -0.4 is 5.73 Å². The van der Waals surface area contributed by atoms with Crippen molar-refractivity contribution in [3.63, 3.8) is 0 Å². The highest BCUT2D eigenvalue weighted by atomic mass is 35.5. The number of nitrogens with zero attached hydrogens (tertiary/aromatic N) is 1. The van der Waals surface area contributed by atoms with E-state index in [9.17, 15) is 4.39 Å². The van der Waals surface area contributed by atoms with Crippen LogP contribution in [0.5, 0.6) is 0 Å². The summed E-state index contributed by atoms with van der Waals surface area (Å²) in [7, 11) is 0. The molecule has 14 heavy (non-hydrogen) atoms. The molecule has 0 amide bonds. The minimum absolute atomic E-state index is 0.194. The van der Waals surface area contributed by atoms with Crippen molar-refractivity contribution in [3.8, 4) is 0 Å². The van der Waals surface area contributed by atoms with Crippen LogP contribution in [0.3, 0.4) is 0 Å². The molecule has 0 radical (unpaired) electrons. The summed E-state index contributed by atoms with van der Waals surface area (Å²) in [5, 5.41) is 0.316. The van der Waals surface area contributed by atoms with Crippen LogP contribution in [0.15, 0.2) is 23.2 Å².